The summed E-state index contributed by atoms with van der Waals surface area (Å²) >= 11 is 0. The number of piperidine rings is 1. The molecule has 1 aromatic carbocycles. The van der Waals surface area contributed by atoms with Crippen LogP contribution in [0.2, 0.25) is 0 Å². The summed E-state index contributed by atoms with van der Waals surface area (Å²) in [5.74, 6) is 0.706. The van der Waals surface area contributed by atoms with E-state index in [-0.39, 0.29) is 11.5 Å². The zero-order valence-electron chi connectivity index (χ0n) is 14.0. The van der Waals surface area contributed by atoms with Gasteiger partial charge < -0.3 is 10.5 Å². The third kappa shape index (κ3) is 2.87. The van der Waals surface area contributed by atoms with E-state index in [1.165, 1.54) is 0 Å². The van der Waals surface area contributed by atoms with Crippen molar-refractivity contribution in [2.45, 2.75) is 45.1 Å². The molecule has 0 amide bonds. The van der Waals surface area contributed by atoms with Crippen LogP contribution < -0.4 is 10.5 Å². The predicted molar refractivity (Wildman–Crippen MR) is 87.6 cm³/mol. The smallest absolute Gasteiger partial charge is 0.243 e. The molecule has 6 heteroatoms. The summed E-state index contributed by atoms with van der Waals surface area (Å²) in [7, 11) is -1.92. The van der Waals surface area contributed by atoms with Crippen LogP contribution in [0.4, 0.5) is 0 Å². The molecule has 1 aliphatic rings. The highest BCUT2D eigenvalue weighted by atomic mass is 32.2. The summed E-state index contributed by atoms with van der Waals surface area (Å²) < 4.78 is 32.8. The molecule has 22 heavy (non-hydrogen) atoms. The number of ether oxygens (including phenoxy) is 1. The van der Waals surface area contributed by atoms with E-state index in [1.54, 1.807) is 23.5 Å². The van der Waals surface area contributed by atoms with Crippen LogP contribution in [0.5, 0.6) is 5.75 Å². The van der Waals surface area contributed by atoms with Gasteiger partial charge in [-0.3, -0.25) is 0 Å². The summed E-state index contributed by atoms with van der Waals surface area (Å²) in [6.07, 6.45) is 0.681. The molecular weight excluding hydrogens is 300 g/mol. The van der Waals surface area contributed by atoms with Crippen molar-refractivity contribution in [3.8, 4) is 5.75 Å². The van der Waals surface area contributed by atoms with Crippen LogP contribution in [0, 0.1) is 19.3 Å². The van der Waals surface area contributed by atoms with Crippen molar-refractivity contribution >= 4 is 10.0 Å². The van der Waals surface area contributed by atoms with Crippen molar-refractivity contribution in [2.24, 2.45) is 11.1 Å². The molecule has 0 aliphatic carbocycles. The van der Waals surface area contributed by atoms with Crippen molar-refractivity contribution in [2.75, 3.05) is 20.2 Å². The molecule has 1 aromatic rings. The highest BCUT2D eigenvalue weighted by molar-refractivity contribution is 7.89. The first-order chi connectivity index (χ1) is 10.1. The summed E-state index contributed by atoms with van der Waals surface area (Å²) in [6.45, 7) is 8.66. The standard InChI is InChI=1S/C16H26N2O3S/c1-11-12(2)14(7-6-13(11)21-5)22(19,20)18-9-8-15(17)16(3,4)10-18/h6-7,15H,8-10,17H2,1-5H3. The van der Waals surface area contributed by atoms with Crippen molar-refractivity contribution in [3.63, 3.8) is 0 Å². The normalized spacial score (nSPS) is 22.5. The van der Waals surface area contributed by atoms with Crippen molar-refractivity contribution < 1.29 is 13.2 Å². The molecule has 1 heterocycles. The number of sulfonamides is 1. The van der Waals surface area contributed by atoms with Gasteiger partial charge in [0, 0.05) is 19.1 Å². The largest absolute Gasteiger partial charge is 0.496 e. The van der Waals surface area contributed by atoms with Gasteiger partial charge in [0.2, 0.25) is 10.0 Å². The second-order valence-electron chi connectivity index (χ2n) is 6.74. The molecule has 0 saturated carbocycles. The van der Waals surface area contributed by atoms with E-state index in [2.05, 4.69) is 0 Å². The third-order valence-corrected chi connectivity index (χ3v) is 6.79. The van der Waals surface area contributed by atoms with Crippen LogP contribution in [0.15, 0.2) is 17.0 Å². The van der Waals surface area contributed by atoms with E-state index in [9.17, 15) is 8.42 Å². The molecule has 1 aliphatic heterocycles. The van der Waals surface area contributed by atoms with E-state index in [0.717, 1.165) is 11.1 Å². The van der Waals surface area contributed by atoms with Crippen molar-refractivity contribution in [1.82, 2.24) is 4.31 Å². The minimum absolute atomic E-state index is 0.0256. The molecule has 0 bridgehead atoms. The fraction of sp³-hybridized carbons (Fsp3) is 0.625. The Bertz CT molecular complexity index is 668. The number of hydrogen-bond donors (Lipinski definition) is 1. The fourth-order valence-corrected chi connectivity index (χ4v) is 4.85. The average molecular weight is 326 g/mol. The second kappa shape index (κ2) is 5.83. The maximum atomic E-state index is 13.0. The number of nitrogens with two attached hydrogens (primary N) is 1. The average Bonchev–Trinajstić information content (AvgIpc) is 2.44. The Balaban J connectivity index is 2.42. The highest BCUT2D eigenvalue weighted by Crippen LogP contribution is 2.34. The van der Waals surface area contributed by atoms with Crippen LogP contribution in [-0.4, -0.2) is 39.0 Å². The van der Waals surface area contributed by atoms with E-state index in [4.69, 9.17) is 10.5 Å². The molecule has 2 N–H and O–H groups in total. The molecule has 2 rings (SSSR count). The molecule has 0 spiro atoms. The summed E-state index contributed by atoms with van der Waals surface area (Å²) in [4.78, 5) is 0.358. The van der Waals surface area contributed by atoms with Gasteiger partial charge in [-0.2, -0.15) is 4.31 Å². The first kappa shape index (κ1) is 17.2. The molecule has 1 fully saturated rings. The van der Waals surface area contributed by atoms with Gasteiger partial charge in [-0.25, -0.2) is 8.42 Å². The van der Waals surface area contributed by atoms with Crippen LogP contribution in [0.25, 0.3) is 0 Å². The lowest BCUT2D eigenvalue weighted by Crippen LogP contribution is -2.53. The highest BCUT2D eigenvalue weighted by Gasteiger charge is 2.39. The lowest BCUT2D eigenvalue weighted by atomic mass is 9.81. The van der Waals surface area contributed by atoms with Gasteiger partial charge in [0.25, 0.3) is 0 Å². The first-order valence-corrected chi connectivity index (χ1v) is 8.95. The number of benzene rings is 1. The molecule has 1 unspecified atom stereocenters. The number of nitrogens with zero attached hydrogens (tertiary/aromatic N) is 1. The number of rotatable bonds is 3. The number of methoxy groups -OCH3 is 1. The van der Waals surface area contributed by atoms with Crippen molar-refractivity contribution in [1.29, 1.82) is 0 Å². The number of hydrogen-bond acceptors (Lipinski definition) is 4. The molecule has 0 radical (unpaired) electrons. The molecular formula is C16H26N2O3S. The zero-order chi connectivity index (χ0) is 16.7. The Labute approximate surface area is 133 Å². The Morgan fingerprint density at radius 1 is 1.27 bits per heavy atom. The fourth-order valence-electron chi connectivity index (χ4n) is 2.94. The zero-order valence-corrected chi connectivity index (χ0v) is 14.8. The first-order valence-electron chi connectivity index (χ1n) is 7.51. The second-order valence-corrected chi connectivity index (χ2v) is 8.64. The van der Waals surface area contributed by atoms with E-state index < -0.39 is 10.0 Å². The van der Waals surface area contributed by atoms with Gasteiger partial charge in [0.05, 0.1) is 12.0 Å². The summed E-state index contributed by atoms with van der Waals surface area (Å²) in [5.41, 5.74) is 7.49. The summed E-state index contributed by atoms with van der Waals surface area (Å²) in [5, 5.41) is 0. The van der Waals surface area contributed by atoms with Crippen LogP contribution >= 0.6 is 0 Å². The Morgan fingerprint density at radius 3 is 2.45 bits per heavy atom. The monoisotopic (exact) mass is 326 g/mol. The van der Waals surface area contributed by atoms with E-state index in [1.807, 2.05) is 27.7 Å². The lowest BCUT2D eigenvalue weighted by Gasteiger charge is -2.42. The van der Waals surface area contributed by atoms with Crippen LogP contribution in [-0.2, 0) is 10.0 Å². The van der Waals surface area contributed by atoms with Gasteiger partial charge in [0.1, 0.15) is 5.75 Å². The molecule has 0 aromatic heterocycles. The Kier molecular flexibility index (Phi) is 4.57. The predicted octanol–water partition coefficient (Wildman–Crippen LogP) is 2.06. The van der Waals surface area contributed by atoms with Gasteiger partial charge in [0.15, 0.2) is 0 Å². The van der Waals surface area contributed by atoms with Crippen LogP contribution in [0.1, 0.15) is 31.4 Å². The minimum atomic E-state index is -3.51. The van der Waals surface area contributed by atoms with Crippen molar-refractivity contribution in [3.05, 3.63) is 23.3 Å². The van der Waals surface area contributed by atoms with Gasteiger partial charge in [-0.1, -0.05) is 13.8 Å². The molecule has 1 atom stereocenters. The Hall–Kier alpha value is -1.11. The molecule has 124 valence electrons. The molecule has 1 saturated heterocycles. The van der Waals surface area contributed by atoms with Gasteiger partial charge in [-0.05, 0) is 48.9 Å². The quantitative estimate of drug-likeness (QED) is 0.923. The SMILES string of the molecule is COc1ccc(S(=O)(=O)N2CCC(N)C(C)(C)C2)c(C)c1C. The summed E-state index contributed by atoms with van der Waals surface area (Å²) in [6, 6.07) is 3.38. The maximum absolute atomic E-state index is 13.0. The maximum Gasteiger partial charge on any atom is 0.243 e. The van der Waals surface area contributed by atoms with Crippen LogP contribution in [0.3, 0.4) is 0 Å². The van der Waals surface area contributed by atoms with E-state index >= 15 is 0 Å². The minimum Gasteiger partial charge on any atom is -0.496 e. The Morgan fingerprint density at radius 2 is 1.91 bits per heavy atom. The van der Waals surface area contributed by atoms with Gasteiger partial charge >= 0.3 is 0 Å². The molecule has 5 nitrogen and oxygen atoms in total. The van der Waals surface area contributed by atoms with Gasteiger partial charge in [-0.15, -0.1) is 0 Å². The van der Waals surface area contributed by atoms with E-state index in [0.29, 0.717) is 30.2 Å². The topological polar surface area (TPSA) is 72.6 Å². The third-order valence-electron chi connectivity index (χ3n) is 4.80. The lowest BCUT2D eigenvalue weighted by molar-refractivity contribution is 0.155.